The molecule has 0 spiro atoms. The SMILES string of the molecule is CC.Cc1ccc(-c2ncnc(NC3=CC=c4ccncc4=CC3)c2O)cc1. The summed E-state index contributed by atoms with van der Waals surface area (Å²) >= 11 is 0. The molecule has 0 bridgehead atoms. The first kappa shape index (κ1) is 19.3. The molecule has 2 N–H and O–H groups in total. The number of hydrogen-bond donors (Lipinski definition) is 2. The summed E-state index contributed by atoms with van der Waals surface area (Å²) in [6, 6.07) is 9.84. The number of aromatic hydroxyl groups is 1. The second-order valence-corrected chi connectivity index (χ2v) is 6.18. The topological polar surface area (TPSA) is 70.9 Å². The Morgan fingerprint density at radius 2 is 1.75 bits per heavy atom. The first-order chi connectivity index (χ1) is 13.7. The molecule has 2 heterocycles. The molecule has 0 radical (unpaired) electrons. The molecule has 2 aromatic heterocycles. The Kier molecular flexibility index (Phi) is 6.17. The van der Waals surface area contributed by atoms with E-state index in [0.717, 1.165) is 27.3 Å². The van der Waals surface area contributed by atoms with Crippen LogP contribution in [0.2, 0.25) is 0 Å². The second-order valence-electron chi connectivity index (χ2n) is 6.18. The third-order valence-electron chi connectivity index (χ3n) is 4.32. The van der Waals surface area contributed by atoms with Crippen molar-refractivity contribution in [1.82, 2.24) is 15.0 Å². The summed E-state index contributed by atoms with van der Waals surface area (Å²) in [5.74, 6) is 0.438. The minimum Gasteiger partial charge on any atom is -0.503 e. The van der Waals surface area contributed by atoms with Crippen molar-refractivity contribution in [2.45, 2.75) is 27.2 Å². The van der Waals surface area contributed by atoms with Crippen LogP contribution >= 0.6 is 0 Å². The Morgan fingerprint density at radius 1 is 0.964 bits per heavy atom. The average molecular weight is 372 g/mol. The Balaban J connectivity index is 0.00000109. The molecule has 0 fully saturated rings. The molecule has 5 nitrogen and oxygen atoms in total. The minimum absolute atomic E-state index is 0.0423. The number of nitrogens with zero attached hydrogens (tertiary/aromatic N) is 3. The Morgan fingerprint density at radius 3 is 2.54 bits per heavy atom. The minimum atomic E-state index is 0.0423. The highest BCUT2D eigenvalue weighted by atomic mass is 16.3. The van der Waals surface area contributed by atoms with Crippen molar-refractivity contribution in [2.24, 2.45) is 0 Å². The van der Waals surface area contributed by atoms with Crippen LogP contribution in [0.25, 0.3) is 23.4 Å². The lowest BCUT2D eigenvalue weighted by Gasteiger charge is -2.11. The summed E-state index contributed by atoms with van der Waals surface area (Å²) in [6.07, 6.45) is 11.9. The number of allylic oxidation sites excluding steroid dienone is 2. The van der Waals surface area contributed by atoms with Crippen LogP contribution in [0.3, 0.4) is 0 Å². The van der Waals surface area contributed by atoms with Crippen LogP contribution in [0, 0.1) is 6.92 Å². The quantitative estimate of drug-likeness (QED) is 0.736. The summed E-state index contributed by atoms with van der Waals surface area (Å²) in [5, 5.41) is 16.1. The summed E-state index contributed by atoms with van der Waals surface area (Å²) in [4.78, 5) is 12.6. The van der Waals surface area contributed by atoms with E-state index in [1.165, 1.54) is 6.33 Å². The number of aromatic nitrogens is 3. The van der Waals surface area contributed by atoms with Crippen LogP contribution in [0.1, 0.15) is 25.8 Å². The molecule has 0 saturated heterocycles. The van der Waals surface area contributed by atoms with Gasteiger partial charge in [-0.2, -0.15) is 0 Å². The number of nitrogens with one attached hydrogen (secondary N) is 1. The Bertz CT molecular complexity index is 1100. The first-order valence-corrected chi connectivity index (χ1v) is 9.40. The molecule has 3 aromatic rings. The molecule has 1 aliphatic rings. The van der Waals surface area contributed by atoms with Gasteiger partial charge in [-0.25, -0.2) is 9.97 Å². The standard InChI is InChI=1S/C21H18N4O.C2H6/c1-14-2-4-16(5-3-14)19-20(26)21(24-13-23-19)25-18-8-6-15-10-11-22-12-17(15)7-9-18;1-2/h2-8,10-13,26H,9H2,1H3,(H,23,24,25);1-2H3. The highest BCUT2D eigenvalue weighted by molar-refractivity contribution is 5.73. The van der Waals surface area contributed by atoms with E-state index in [-0.39, 0.29) is 5.75 Å². The highest BCUT2D eigenvalue weighted by Gasteiger charge is 2.13. The van der Waals surface area contributed by atoms with Crippen LogP contribution in [0.5, 0.6) is 5.75 Å². The van der Waals surface area contributed by atoms with Crippen LogP contribution in [-0.2, 0) is 0 Å². The van der Waals surface area contributed by atoms with Gasteiger partial charge in [0, 0.05) is 30.1 Å². The fourth-order valence-electron chi connectivity index (χ4n) is 2.86. The number of rotatable bonds is 3. The lowest BCUT2D eigenvalue weighted by molar-refractivity contribution is 0.474. The predicted octanol–water partition coefficient (Wildman–Crippen LogP) is 3.54. The van der Waals surface area contributed by atoms with E-state index in [2.05, 4.69) is 26.3 Å². The average Bonchev–Trinajstić information content (AvgIpc) is 2.94. The van der Waals surface area contributed by atoms with Crippen molar-refractivity contribution in [3.8, 4) is 17.0 Å². The van der Waals surface area contributed by atoms with Crippen LogP contribution in [0.4, 0.5) is 5.82 Å². The van der Waals surface area contributed by atoms with Crippen molar-refractivity contribution >= 4 is 18.0 Å². The predicted molar refractivity (Wildman–Crippen MR) is 114 cm³/mol. The maximum absolute atomic E-state index is 10.6. The van der Waals surface area contributed by atoms with Gasteiger partial charge in [0.2, 0.25) is 0 Å². The van der Waals surface area contributed by atoms with E-state index in [4.69, 9.17) is 0 Å². The monoisotopic (exact) mass is 372 g/mol. The molecule has 28 heavy (non-hydrogen) atoms. The zero-order valence-electron chi connectivity index (χ0n) is 16.3. The summed E-state index contributed by atoms with van der Waals surface area (Å²) < 4.78 is 0. The van der Waals surface area contributed by atoms with Gasteiger partial charge in [-0.1, -0.05) is 55.8 Å². The van der Waals surface area contributed by atoms with Gasteiger partial charge in [-0.15, -0.1) is 0 Å². The van der Waals surface area contributed by atoms with Crippen LogP contribution in [-0.4, -0.2) is 20.1 Å². The lowest BCUT2D eigenvalue weighted by Crippen LogP contribution is -2.23. The molecule has 5 heteroatoms. The van der Waals surface area contributed by atoms with Crippen molar-refractivity contribution in [3.05, 3.63) is 76.8 Å². The fourth-order valence-corrected chi connectivity index (χ4v) is 2.86. The molecule has 0 aliphatic heterocycles. The van der Waals surface area contributed by atoms with Gasteiger partial charge < -0.3 is 10.4 Å². The van der Waals surface area contributed by atoms with Gasteiger partial charge in [0.05, 0.1) is 0 Å². The molecule has 0 amide bonds. The Hall–Kier alpha value is -3.47. The largest absolute Gasteiger partial charge is 0.503 e. The fraction of sp³-hybridized carbons (Fsp3) is 0.174. The van der Waals surface area contributed by atoms with E-state index in [9.17, 15) is 5.11 Å². The van der Waals surface area contributed by atoms with E-state index in [1.807, 2.05) is 69.5 Å². The van der Waals surface area contributed by atoms with Gasteiger partial charge in [-0.05, 0) is 29.5 Å². The number of anilines is 1. The van der Waals surface area contributed by atoms with Gasteiger partial charge >= 0.3 is 0 Å². The zero-order chi connectivity index (χ0) is 19.9. The van der Waals surface area contributed by atoms with E-state index in [1.54, 1.807) is 6.20 Å². The van der Waals surface area contributed by atoms with Crippen LogP contribution in [0.15, 0.2) is 60.8 Å². The molecule has 0 unspecified atom stereocenters. The number of fused-ring (bicyclic) bond motifs is 1. The summed E-state index contributed by atoms with van der Waals surface area (Å²) in [5.41, 5.74) is 3.46. The molecular weight excluding hydrogens is 348 g/mol. The van der Waals surface area contributed by atoms with Gasteiger partial charge in [0.1, 0.15) is 12.0 Å². The third-order valence-corrected chi connectivity index (χ3v) is 4.32. The Labute approximate surface area is 164 Å². The zero-order valence-corrected chi connectivity index (χ0v) is 16.3. The van der Waals surface area contributed by atoms with E-state index in [0.29, 0.717) is 17.9 Å². The van der Waals surface area contributed by atoms with Crippen LogP contribution < -0.4 is 15.8 Å². The number of pyridine rings is 1. The first-order valence-electron chi connectivity index (χ1n) is 9.40. The molecule has 1 aromatic carbocycles. The third kappa shape index (κ3) is 4.26. The highest BCUT2D eigenvalue weighted by Crippen LogP contribution is 2.32. The maximum Gasteiger partial charge on any atom is 0.185 e. The van der Waals surface area contributed by atoms with Gasteiger partial charge in [0.15, 0.2) is 11.6 Å². The molecule has 0 saturated carbocycles. The van der Waals surface area contributed by atoms with Crippen molar-refractivity contribution < 1.29 is 5.11 Å². The van der Waals surface area contributed by atoms with Crippen molar-refractivity contribution in [2.75, 3.05) is 5.32 Å². The molecule has 1 aliphatic carbocycles. The second kappa shape index (κ2) is 8.95. The molecule has 4 rings (SSSR count). The maximum atomic E-state index is 10.6. The molecular formula is C23H24N4O. The van der Waals surface area contributed by atoms with E-state index < -0.39 is 0 Å². The smallest absolute Gasteiger partial charge is 0.185 e. The van der Waals surface area contributed by atoms with E-state index >= 15 is 0 Å². The number of hydrogen-bond acceptors (Lipinski definition) is 5. The van der Waals surface area contributed by atoms with Gasteiger partial charge in [0.25, 0.3) is 0 Å². The number of benzene rings is 1. The van der Waals surface area contributed by atoms with Crippen molar-refractivity contribution in [1.29, 1.82) is 0 Å². The number of aryl methyl sites for hydroxylation is 1. The lowest BCUT2D eigenvalue weighted by atomic mass is 10.1. The summed E-state index contributed by atoms with van der Waals surface area (Å²) in [7, 11) is 0. The summed E-state index contributed by atoms with van der Waals surface area (Å²) in [6.45, 7) is 6.02. The molecule has 0 atom stereocenters. The normalized spacial score (nSPS) is 12.2. The van der Waals surface area contributed by atoms with Gasteiger partial charge in [-0.3, -0.25) is 4.98 Å². The van der Waals surface area contributed by atoms with Crippen molar-refractivity contribution in [3.63, 3.8) is 0 Å². The molecule has 142 valence electrons.